The summed E-state index contributed by atoms with van der Waals surface area (Å²) in [6.45, 7) is 0. The topological polar surface area (TPSA) is 93.2 Å². The van der Waals surface area contributed by atoms with Gasteiger partial charge in [-0.2, -0.15) is 0 Å². The Balaban J connectivity index is -0.00000000750. The quantitative estimate of drug-likeness (QED) is 0.413. The number of rotatable bonds is 0. The summed E-state index contributed by atoms with van der Waals surface area (Å²) in [5.74, 6) is 0. The van der Waals surface area contributed by atoms with Crippen molar-refractivity contribution >= 4 is 23.5 Å². The zero-order valence-corrected chi connectivity index (χ0v) is 8.88. The maximum absolute atomic E-state index is 8.33. The third-order valence-corrected chi connectivity index (χ3v) is 0. The van der Waals surface area contributed by atoms with Gasteiger partial charge in [-0.15, -0.1) is 0 Å². The van der Waals surface area contributed by atoms with Gasteiger partial charge in [0.2, 0.25) is 0 Å². The summed E-state index contributed by atoms with van der Waals surface area (Å²) in [6.07, 6.45) is -2.33. The van der Waals surface area contributed by atoms with Gasteiger partial charge in [0.1, 0.15) is 0 Å². The van der Waals surface area contributed by atoms with Crippen LogP contribution in [0.5, 0.6) is 0 Å². The van der Waals surface area contributed by atoms with Crippen LogP contribution in [0.15, 0.2) is 0 Å². The summed E-state index contributed by atoms with van der Waals surface area (Å²) in [7, 11) is 0. The van der Waals surface area contributed by atoms with E-state index in [4.69, 9.17) is 15.0 Å². The SMILES string of the molecule is O=C([O-])[O-].[Al].[Ni+2].[OH-].[Zn+2]. The van der Waals surface area contributed by atoms with Gasteiger partial charge in [-0.05, 0) is 6.16 Å². The Morgan fingerprint density at radius 1 is 1.25 bits per heavy atom. The van der Waals surface area contributed by atoms with Crippen molar-refractivity contribution in [3.8, 4) is 0 Å². The average molecular weight is 228 g/mol. The normalized spacial score (nSPS) is 3.00. The van der Waals surface area contributed by atoms with Crippen LogP contribution in [0.2, 0.25) is 0 Å². The molecule has 0 aliphatic carbocycles. The van der Waals surface area contributed by atoms with Crippen molar-refractivity contribution in [2.45, 2.75) is 0 Å². The van der Waals surface area contributed by atoms with E-state index in [1.807, 2.05) is 0 Å². The smallest absolute Gasteiger partial charge is 0.870 e. The molecule has 1 N–H and O–H groups in total. The first kappa shape index (κ1) is 36.6. The number of carbonyl (C=O) groups excluding carboxylic acids is 1. The van der Waals surface area contributed by atoms with Gasteiger partial charge in [0.15, 0.2) is 0 Å². The summed E-state index contributed by atoms with van der Waals surface area (Å²) >= 11 is 0. The fraction of sp³-hybridized carbons (Fsp3) is 0. The molecule has 0 rings (SSSR count). The Kier molecular flexibility index (Phi) is 113. The Morgan fingerprint density at radius 2 is 1.25 bits per heavy atom. The van der Waals surface area contributed by atoms with E-state index in [9.17, 15) is 0 Å². The summed E-state index contributed by atoms with van der Waals surface area (Å²) in [4.78, 5) is 8.33. The average Bonchev–Trinajstić information content (AvgIpc) is 0.811. The van der Waals surface area contributed by atoms with Gasteiger partial charge in [0.05, 0.1) is 0 Å². The van der Waals surface area contributed by atoms with Gasteiger partial charge in [-0.3, -0.25) is 0 Å². The van der Waals surface area contributed by atoms with Gasteiger partial charge in [0.25, 0.3) is 0 Å². The molecule has 0 fully saturated rings. The Morgan fingerprint density at radius 3 is 1.25 bits per heavy atom. The molecule has 7 heteroatoms. The minimum atomic E-state index is -2.33. The van der Waals surface area contributed by atoms with E-state index >= 15 is 0 Å². The fourth-order valence-corrected chi connectivity index (χ4v) is 0. The van der Waals surface area contributed by atoms with E-state index in [1.165, 1.54) is 0 Å². The molecule has 0 heterocycles. The molecule has 0 bridgehead atoms. The summed E-state index contributed by atoms with van der Waals surface area (Å²) < 4.78 is 0. The van der Waals surface area contributed by atoms with E-state index in [-0.39, 0.29) is 58.8 Å². The molecular formula is CHAlNiO4Zn+. The van der Waals surface area contributed by atoms with E-state index in [0.29, 0.717) is 0 Å². The van der Waals surface area contributed by atoms with Crippen LogP contribution < -0.4 is 10.2 Å². The van der Waals surface area contributed by atoms with Crippen LogP contribution in [-0.4, -0.2) is 29.0 Å². The van der Waals surface area contributed by atoms with Crippen LogP contribution in [0.3, 0.4) is 0 Å². The van der Waals surface area contributed by atoms with E-state index in [0.717, 1.165) is 0 Å². The predicted octanol–water partition coefficient (Wildman–Crippen LogP) is -3.01. The van der Waals surface area contributed by atoms with E-state index in [1.54, 1.807) is 0 Å². The first-order valence-electron chi connectivity index (χ1n) is 0.612. The van der Waals surface area contributed by atoms with Crippen LogP contribution in [0.1, 0.15) is 0 Å². The minimum absolute atomic E-state index is 0. The molecule has 3 radical (unpaired) electrons. The Hall–Kier alpha value is 0.879. The second-order valence-electron chi connectivity index (χ2n) is 0.250. The standard InChI is InChI=1S/CH2O3.Al.Ni.H2O.Zn/c2-1(3)4;;;;/h(H2,2,3,4);;;1H2;/q;;+2;;+2/p-3. The molecule has 0 aromatic rings. The van der Waals surface area contributed by atoms with E-state index < -0.39 is 6.16 Å². The van der Waals surface area contributed by atoms with Crippen molar-refractivity contribution in [1.82, 2.24) is 0 Å². The van der Waals surface area contributed by atoms with Gasteiger partial charge in [0, 0.05) is 17.4 Å². The molecule has 8 heavy (non-hydrogen) atoms. The molecule has 0 saturated carbocycles. The van der Waals surface area contributed by atoms with Crippen LogP contribution in [0, 0.1) is 0 Å². The monoisotopic (exact) mass is 226 g/mol. The molecule has 4 nitrogen and oxygen atoms in total. The van der Waals surface area contributed by atoms with Crippen LogP contribution in [0.4, 0.5) is 4.79 Å². The van der Waals surface area contributed by atoms with Crippen molar-refractivity contribution in [3.63, 3.8) is 0 Å². The third kappa shape index (κ3) is 308. The molecule has 0 atom stereocenters. The molecule has 0 unspecified atom stereocenters. The van der Waals surface area contributed by atoms with Crippen LogP contribution in [0.25, 0.3) is 0 Å². The maximum Gasteiger partial charge on any atom is 2.00 e. The van der Waals surface area contributed by atoms with Gasteiger partial charge < -0.3 is 20.5 Å². The van der Waals surface area contributed by atoms with Crippen molar-refractivity contribution in [3.05, 3.63) is 0 Å². The molecule has 0 aromatic carbocycles. The van der Waals surface area contributed by atoms with Gasteiger partial charge in [-0.1, -0.05) is 0 Å². The minimum Gasteiger partial charge on any atom is -0.870 e. The van der Waals surface area contributed by atoms with Crippen molar-refractivity contribution in [2.75, 3.05) is 0 Å². The number of carboxylic acid groups (broad SMARTS) is 2. The largest absolute Gasteiger partial charge is 2.00 e. The molecule has 0 aliphatic rings. The van der Waals surface area contributed by atoms with Crippen LogP contribution >= 0.6 is 0 Å². The van der Waals surface area contributed by atoms with Crippen molar-refractivity contribution in [2.24, 2.45) is 0 Å². The summed E-state index contributed by atoms with van der Waals surface area (Å²) in [5.41, 5.74) is 0. The third-order valence-electron chi connectivity index (χ3n) is 0. The molecular weight excluding hydrogens is 227 g/mol. The molecule has 0 saturated heterocycles. The first-order valence-corrected chi connectivity index (χ1v) is 0.612. The van der Waals surface area contributed by atoms with Gasteiger partial charge >= 0.3 is 36.0 Å². The number of carbonyl (C=O) groups is 1. The summed E-state index contributed by atoms with van der Waals surface area (Å²) in [6, 6.07) is 0. The summed E-state index contributed by atoms with van der Waals surface area (Å²) in [5, 5.41) is 16.7. The molecule has 0 amide bonds. The molecule has 43 valence electrons. The van der Waals surface area contributed by atoms with Crippen molar-refractivity contribution < 1.29 is 56.5 Å². The second kappa shape index (κ2) is 24.8. The number of hydrogen-bond acceptors (Lipinski definition) is 4. The zero-order valence-electron chi connectivity index (χ0n) is 3.77. The van der Waals surface area contributed by atoms with E-state index in [2.05, 4.69) is 0 Å². The zero-order chi connectivity index (χ0) is 3.58. The predicted molar refractivity (Wildman–Crippen MR) is 13.1 cm³/mol. The Labute approximate surface area is 79.8 Å². The van der Waals surface area contributed by atoms with Crippen LogP contribution in [-0.2, 0) is 36.0 Å². The molecule has 0 aliphatic heterocycles. The fourth-order valence-electron chi connectivity index (χ4n) is 0. The molecule has 0 aromatic heterocycles. The molecule has 0 spiro atoms. The van der Waals surface area contributed by atoms with Gasteiger partial charge in [-0.25, -0.2) is 0 Å². The Bertz CT molecular complexity index is 39.0. The number of hydrogen-bond donors (Lipinski definition) is 0. The maximum atomic E-state index is 8.33. The second-order valence-corrected chi connectivity index (χ2v) is 0.250. The first-order chi connectivity index (χ1) is 1.73. The van der Waals surface area contributed by atoms with Crippen molar-refractivity contribution in [1.29, 1.82) is 0 Å².